The van der Waals surface area contributed by atoms with Gasteiger partial charge in [0, 0.05) is 10.4 Å². The molecule has 0 aromatic heterocycles. The summed E-state index contributed by atoms with van der Waals surface area (Å²) in [5.41, 5.74) is 3.03. The van der Waals surface area contributed by atoms with Crippen LogP contribution in [0.3, 0.4) is 0 Å². The van der Waals surface area contributed by atoms with Crippen molar-refractivity contribution in [2.75, 3.05) is 0 Å². The zero-order valence-corrected chi connectivity index (χ0v) is 15.9. The third kappa shape index (κ3) is 3.18. The van der Waals surface area contributed by atoms with E-state index in [1.54, 1.807) is 5.56 Å². The summed E-state index contributed by atoms with van der Waals surface area (Å²) in [6.45, 7) is 2.29. The van der Waals surface area contributed by atoms with Crippen LogP contribution in [0.2, 0.25) is 0 Å². The predicted octanol–water partition coefficient (Wildman–Crippen LogP) is 8.06. The van der Waals surface area contributed by atoms with Gasteiger partial charge in [-0.2, -0.15) is 0 Å². The summed E-state index contributed by atoms with van der Waals surface area (Å²) < 4.78 is 0. The van der Waals surface area contributed by atoms with Crippen LogP contribution in [0.4, 0.5) is 0 Å². The van der Waals surface area contributed by atoms with Crippen LogP contribution in [0.1, 0.15) is 51.0 Å². The van der Waals surface area contributed by atoms with Crippen LogP contribution in [0.15, 0.2) is 53.9 Å². The second-order valence-corrected chi connectivity index (χ2v) is 7.98. The largest absolute Gasteiger partial charge is 0.144 e. The maximum Gasteiger partial charge on any atom is 0.0387 e. The number of rotatable bonds is 7. The molecule has 0 atom stereocenters. The molecule has 0 saturated heterocycles. The van der Waals surface area contributed by atoms with E-state index in [2.05, 4.69) is 60.8 Å². The zero-order valence-electron chi connectivity index (χ0n) is 15.1. The maximum atomic E-state index is 2.36. The third-order valence-corrected chi connectivity index (χ3v) is 6.35. The molecule has 0 bridgehead atoms. The molecule has 4 rings (SSSR count). The molecule has 0 spiro atoms. The Labute approximate surface area is 154 Å². The molecular formula is C24H26S. The van der Waals surface area contributed by atoms with Crippen molar-refractivity contribution in [2.45, 2.75) is 51.9 Å². The highest BCUT2D eigenvalue weighted by atomic mass is 32.1. The second kappa shape index (κ2) is 7.58. The monoisotopic (exact) mass is 346 g/mol. The number of hydrogen-bond donors (Lipinski definition) is 0. The first-order chi connectivity index (χ1) is 12.4. The highest BCUT2D eigenvalue weighted by molar-refractivity contribution is 7.13. The Morgan fingerprint density at radius 3 is 2.52 bits per heavy atom. The van der Waals surface area contributed by atoms with E-state index >= 15 is 0 Å². The van der Waals surface area contributed by atoms with Crippen LogP contribution < -0.4 is 0 Å². The second-order valence-electron chi connectivity index (χ2n) is 7.06. The Balaban J connectivity index is 1.71. The average Bonchev–Trinajstić information content (AvgIpc) is 2.99. The van der Waals surface area contributed by atoms with Gasteiger partial charge in [-0.15, -0.1) is 11.3 Å². The topological polar surface area (TPSA) is 0 Å². The summed E-state index contributed by atoms with van der Waals surface area (Å²) in [5.74, 6) is 0. The molecule has 25 heavy (non-hydrogen) atoms. The molecule has 0 radical (unpaired) electrons. The smallest absolute Gasteiger partial charge is 0.0387 e. The summed E-state index contributed by atoms with van der Waals surface area (Å²) in [4.78, 5) is 1.50. The minimum Gasteiger partial charge on any atom is -0.144 e. The molecule has 0 saturated carbocycles. The van der Waals surface area contributed by atoms with Crippen molar-refractivity contribution >= 4 is 32.9 Å². The van der Waals surface area contributed by atoms with Gasteiger partial charge in [-0.1, -0.05) is 87.6 Å². The van der Waals surface area contributed by atoms with Crippen molar-refractivity contribution in [1.82, 2.24) is 0 Å². The fourth-order valence-electron chi connectivity index (χ4n) is 4.08. The zero-order chi connectivity index (χ0) is 17.1. The number of aryl methyl sites for hydroxylation is 1. The van der Waals surface area contributed by atoms with Crippen LogP contribution in [-0.4, -0.2) is 0 Å². The third-order valence-electron chi connectivity index (χ3n) is 5.35. The Bertz CT molecular complexity index is 947. The first kappa shape index (κ1) is 16.6. The number of unbranched alkanes of at least 4 members (excludes halogenated alkanes) is 5. The molecular weight excluding hydrogens is 320 g/mol. The standard InChI is InChI=1S/C24H26S/c1-2-3-4-5-6-7-13-21-20-16-15-18-11-8-9-12-19(18)23(20)22-14-10-17-25-24(21)22/h8-12,14-17H,2-7,13H2,1H3. The maximum absolute atomic E-state index is 2.36. The van der Waals surface area contributed by atoms with Gasteiger partial charge >= 0.3 is 0 Å². The molecule has 0 unspecified atom stereocenters. The normalized spacial score (nSPS) is 11.7. The highest BCUT2D eigenvalue weighted by Gasteiger charge is 2.19. The Hall–Kier alpha value is -1.86. The van der Waals surface area contributed by atoms with E-state index in [1.165, 1.54) is 76.9 Å². The van der Waals surface area contributed by atoms with Gasteiger partial charge < -0.3 is 0 Å². The number of hydrogen-bond acceptors (Lipinski definition) is 1. The minimum absolute atomic E-state index is 1.21. The van der Waals surface area contributed by atoms with Crippen molar-refractivity contribution in [1.29, 1.82) is 0 Å². The Kier molecular flexibility index (Phi) is 5.03. The summed E-state index contributed by atoms with van der Waals surface area (Å²) in [6, 6.07) is 18.0. The van der Waals surface area contributed by atoms with Gasteiger partial charge in [-0.25, -0.2) is 0 Å². The first-order valence-corrected chi connectivity index (χ1v) is 10.6. The lowest BCUT2D eigenvalue weighted by atomic mass is 10.0. The van der Waals surface area contributed by atoms with Gasteiger partial charge in [0.05, 0.1) is 0 Å². The molecule has 2 aliphatic rings. The number of fused-ring (bicyclic) bond motifs is 5. The Morgan fingerprint density at radius 2 is 1.60 bits per heavy atom. The van der Waals surface area contributed by atoms with Gasteiger partial charge in [-0.3, -0.25) is 0 Å². The minimum atomic E-state index is 1.21. The van der Waals surface area contributed by atoms with Gasteiger partial charge in [0.25, 0.3) is 0 Å². The lowest BCUT2D eigenvalue weighted by molar-refractivity contribution is 0.608. The lowest BCUT2D eigenvalue weighted by Gasteiger charge is -2.04. The summed E-state index contributed by atoms with van der Waals surface area (Å²) in [7, 11) is 0. The van der Waals surface area contributed by atoms with Gasteiger partial charge in [0.1, 0.15) is 0 Å². The lowest BCUT2D eigenvalue weighted by Crippen LogP contribution is -1.86. The van der Waals surface area contributed by atoms with E-state index in [-0.39, 0.29) is 0 Å². The van der Waals surface area contributed by atoms with E-state index in [0.29, 0.717) is 0 Å². The van der Waals surface area contributed by atoms with Gasteiger partial charge in [0.15, 0.2) is 0 Å². The van der Waals surface area contributed by atoms with Crippen LogP contribution in [-0.2, 0) is 6.42 Å². The summed E-state index contributed by atoms with van der Waals surface area (Å²) in [6.07, 6.45) is 9.38. The van der Waals surface area contributed by atoms with Crippen molar-refractivity contribution in [3.05, 3.63) is 59.5 Å². The highest BCUT2D eigenvalue weighted by Crippen LogP contribution is 2.45. The molecule has 0 fully saturated rings. The van der Waals surface area contributed by atoms with E-state index in [4.69, 9.17) is 0 Å². The van der Waals surface area contributed by atoms with Crippen molar-refractivity contribution in [3.63, 3.8) is 0 Å². The van der Waals surface area contributed by atoms with Crippen LogP contribution in [0, 0.1) is 0 Å². The van der Waals surface area contributed by atoms with Crippen molar-refractivity contribution < 1.29 is 0 Å². The van der Waals surface area contributed by atoms with Crippen LogP contribution in [0.25, 0.3) is 32.0 Å². The van der Waals surface area contributed by atoms with Crippen molar-refractivity contribution in [3.8, 4) is 10.4 Å². The van der Waals surface area contributed by atoms with E-state index in [0.717, 1.165) is 0 Å². The predicted molar refractivity (Wildman–Crippen MR) is 113 cm³/mol. The average molecular weight is 347 g/mol. The molecule has 1 aliphatic carbocycles. The van der Waals surface area contributed by atoms with Crippen LogP contribution in [0.5, 0.6) is 0 Å². The molecule has 0 nitrogen and oxygen atoms in total. The molecule has 0 N–H and O–H groups in total. The molecule has 1 heteroatoms. The van der Waals surface area contributed by atoms with E-state index < -0.39 is 0 Å². The number of benzene rings is 2. The quantitative estimate of drug-likeness (QED) is 0.297. The molecule has 1 heterocycles. The molecule has 0 amide bonds. The summed E-state index contributed by atoms with van der Waals surface area (Å²) in [5, 5.41) is 7.92. The SMILES string of the molecule is CCCCCCCCc1c2scccc-2c2c1ccc1ccccc12. The van der Waals surface area contributed by atoms with Crippen molar-refractivity contribution in [2.24, 2.45) is 0 Å². The van der Waals surface area contributed by atoms with Gasteiger partial charge in [0.2, 0.25) is 0 Å². The first-order valence-electron chi connectivity index (χ1n) is 9.69. The molecule has 2 aromatic rings. The molecule has 128 valence electrons. The molecule has 2 aromatic carbocycles. The fourth-order valence-corrected chi connectivity index (χ4v) is 5.02. The van der Waals surface area contributed by atoms with Crippen LogP contribution >= 0.6 is 11.3 Å². The summed E-state index contributed by atoms with van der Waals surface area (Å²) >= 11 is 1.91. The van der Waals surface area contributed by atoms with E-state index in [1.807, 2.05) is 11.3 Å². The van der Waals surface area contributed by atoms with Gasteiger partial charge in [-0.05, 0) is 45.3 Å². The Morgan fingerprint density at radius 1 is 0.760 bits per heavy atom. The van der Waals surface area contributed by atoms with E-state index in [9.17, 15) is 0 Å². The fraction of sp³-hybridized carbons (Fsp3) is 0.333. The molecule has 1 aliphatic heterocycles.